The molecule has 2 atom stereocenters. The number of likely N-dealkylation sites (tertiary alicyclic amines) is 1. The molecule has 0 aliphatic carbocycles. The highest BCUT2D eigenvalue weighted by molar-refractivity contribution is 5.86. The minimum absolute atomic E-state index is 0.192. The summed E-state index contributed by atoms with van der Waals surface area (Å²) in [5, 5.41) is 3.73. The van der Waals surface area contributed by atoms with Gasteiger partial charge < -0.3 is 29.4 Å². The lowest BCUT2D eigenvalue weighted by Crippen LogP contribution is -2.39. The van der Waals surface area contributed by atoms with E-state index >= 15 is 0 Å². The van der Waals surface area contributed by atoms with Crippen LogP contribution in [0, 0.1) is 6.92 Å². The lowest BCUT2D eigenvalue weighted by Gasteiger charge is -2.28. The smallest absolute Gasteiger partial charge is 0.410 e. The lowest BCUT2D eigenvalue weighted by molar-refractivity contribution is -0.129. The van der Waals surface area contributed by atoms with Gasteiger partial charge in [0.2, 0.25) is 6.41 Å². The molecule has 0 spiro atoms. The predicted octanol–water partition coefficient (Wildman–Crippen LogP) is 6.43. The molecule has 2 aromatic carbocycles. The van der Waals surface area contributed by atoms with Crippen LogP contribution in [0.4, 0.5) is 10.5 Å². The largest absolute Gasteiger partial charge is 0.468 e. The molecule has 9 nitrogen and oxygen atoms in total. The van der Waals surface area contributed by atoms with E-state index in [1.54, 1.807) is 0 Å². The number of carbonyl (C=O) groups excluding carboxylic acids is 3. The second-order valence-electron chi connectivity index (χ2n) is 10.8. The third-order valence-corrected chi connectivity index (χ3v) is 6.41. The van der Waals surface area contributed by atoms with Gasteiger partial charge in [-0.05, 0) is 77.8 Å². The fraction of sp³-hybridized carbons (Fsp3) is 0.469. The van der Waals surface area contributed by atoms with E-state index in [1.807, 2.05) is 69.9 Å². The molecule has 2 N–H and O–H groups in total. The van der Waals surface area contributed by atoms with Gasteiger partial charge in [0.25, 0.3) is 6.47 Å². The Morgan fingerprint density at radius 1 is 1.10 bits per heavy atom. The van der Waals surface area contributed by atoms with Crippen molar-refractivity contribution in [3.63, 3.8) is 0 Å². The van der Waals surface area contributed by atoms with E-state index in [0.29, 0.717) is 32.0 Å². The molecule has 224 valence electrons. The summed E-state index contributed by atoms with van der Waals surface area (Å²) >= 11 is 0. The quantitative estimate of drug-likeness (QED) is 0.228. The Morgan fingerprint density at radius 2 is 1.83 bits per heavy atom. The first kappa shape index (κ1) is 33.4. The van der Waals surface area contributed by atoms with Crippen LogP contribution in [0.15, 0.2) is 54.6 Å². The summed E-state index contributed by atoms with van der Waals surface area (Å²) in [5.41, 5.74) is 3.91. The van der Waals surface area contributed by atoms with E-state index in [2.05, 4.69) is 46.2 Å². The van der Waals surface area contributed by atoms with Crippen molar-refractivity contribution in [3.05, 3.63) is 65.9 Å². The molecule has 0 saturated carbocycles. The molecule has 41 heavy (non-hydrogen) atoms. The zero-order valence-electron chi connectivity index (χ0n) is 25.1. The van der Waals surface area contributed by atoms with Crippen molar-refractivity contribution in [1.82, 2.24) is 9.88 Å². The summed E-state index contributed by atoms with van der Waals surface area (Å²) < 4.78 is 14.9. The number of benzene rings is 2. The highest BCUT2D eigenvalue weighted by Gasteiger charge is 2.36. The minimum atomic E-state index is -0.429. The van der Waals surface area contributed by atoms with E-state index in [1.165, 1.54) is 5.56 Å². The molecule has 4 rings (SSSR count). The number of anilines is 1. The van der Waals surface area contributed by atoms with Crippen LogP contribution in [0.5, 0.6) is 0 Å². The summed E-state index contributed by atoms with van der Waals surface area (Å²) in [7, 11) is 0. The van der Waals surface area contributed by atoms with E-state index in [4.69, 9.17) is 9.47 Å². The average Bonchev–Trinajstić information content (AvgIpc) is 3.50. The molecule has 0 bridgehead atoms. The SMILES string of the molecule is CC1C(c2ccccc2)CCN1C(=O)OC(C)(C)C.CCOCCCOC=O.Cc1cc2cc(NC=O)ccc2[nH]1. The molecule has 3 aromatic rings. The minimum Gasteiger partial charge on any atom is -0.468 e. The van der Waals surface area contributed by atoms with Crippen LogP contribution in [0.2, 0.25) is 0 Å². The zero-order valence-corrected chi connectivity index (χ0v) is 25.1. The van der Waals surface area contributed by atoms with Gasteiger partial charge in [-0.2, -0.15) is 0 Å². The number of hydrogen-bond acceptors (Lipinski definition) is 6. The molecule has 1 aliphatic rings. The van der Waals surface area contributed by atoms with Crippen LogP contribution in [0.25, 0.3) is 10.9 Å². The standard InChI is InChI=1S/C16H23NO2.C10H10N2O.C6H12O3/c1-12-14(13-8-6-5-7-9-13)10-11-17(12)15(18)19-16(2,3)4;1-7-4-8-5-9(11-6-13)2-3-10(8)12-7;1-2-8-4-3-5-9-6-7/h5-9,12,14H,10-11H2,1-4H3;2-6,12H,1H3,(H,11,13);6H,2-5H2,1H3. The van der Waals surface area contributed by atoms with E-state index in [-0.39, 0.29) is 12.1 Å². The number of fused-ring (bicyclic) bond motifs is 1. The van der Waals surface area contributed by atoms with Gasteiger partial charge in [-0.3, -0.25) is 9.59 Å². The van der Waals surface area contributed by atoms with Crippen LogP contribution in [-0.2, 0) is 23.8 Å². The number of carbonyl (C=O) groups is 3. The van der Waals surface area contributed by atoms with Crippen molar-refractivity contribution in [3.8, 4) is 0 Å². The normalized spacial score (nSPS) is 16.1. The molecule has 2 unspecified atom stereocenters. The Bertz CT molecular complexity index is 1210. The maximum atomic E-state index is 12.2. The Balaban J connectivity index is 0.000000232. The summed E-state index contributed by atoms with van der Waals surface area (Å²) in [6, 6.07) is 18.4. The second-order valence-corrected chi connectivity index (χ2v) is 10.8. The zero-order chi connectivity index (χ0) is 30.3. The maximum absolute atomic E-state index is 12.2. The summed E-state index contributed by atoms with van der Waals surface area (Å²) in [4.78, 5) is 37.0. The third-order valence-electron chi connectivity index (χ3n) is 6.41. The first-order valence-electron chi connectivity index (χ1n) is 14.1. The van der Waals surface area contributed by atoms with Gasteiger partial charge in [0, 0.05) is 60.4 Å². The highest BCUT2D eigenvalue weighted by Crippen LogP contribution is 2.34. The first-order chi connectivity index (χ1) is 19.6. The predicted molar refractivity (Wildman–Crippen MR) is 162 cm³/mol. The van der Waals surface area contributed by atoms with Crippen LogP contribution in [0.1, 0.15) is 64.6 Å². The number of hydrogen-bond donors (Lipinski definition) is 2. The van der Waals surface area contributed by atoms with Gasteiger partial charge in [0.05, 0.1) is 6.61 Å². The molecule has 1 saturated heterocycles. The monoisotopic (exact) mass is 567 g/mol. The molecular weight excluding hydrogens is 522 g/mol. The Kier molecular flexibility index (Phi) is 13.9. The number of aryl methyl sites for hydroxylation is 1. The van der Waals surface area contributed by atoms with Gasteiger partial charge in [-0.1, -0.05) is 30.3 Å². The first-order valence-corrected chi connectivity index (χ1v) is 14.1. The maximum Gasteiger partial charge on any atom is 0.410 e. The number of nitrogens with one attached hydrogen (secondary N) is 2. The molecule has 9 heteroatoms. The van der Waals surface area contributed by atoms with Gasteiger partial charge in [0.1, 0.15) is 5.60 Å². The van der Waals surface area contributed by atoms with Gasteiger partial charge in [0.15, 0.2) is 0 Å². The number of ether oxygens (including phenoxy) is 3. The van der Waals surface area contributed by atoms with Crippen LogP contribution < -0.4 is 5.32 Å². The van der Waals surface area contributed by atoms with Crippen molar-refractivity contribution >= 4 is 35.6 Å². The topological polar surface area (TPSA) is 110 Å². The van der Waals surface area contributed by atoms with Crippen LogP contribution in [0.3, 0.4) is 0 Å². The Hall–Kier alpha value is -3.85. The number of rotatable bonds is 9. The molecule has 2 amide bonds. The van der Waals surface area contributed by atoms with Gasteiger partial charge in [-0.15, -0.1) is 0 Å². The number of aromatic nitrogens is 1. The van der Waals surface area contributed by atoms with Gasteiger partial charge >= 0.3 is 6.09 Å². The van der Waals surface area contributed by atoms with Crippen molar-refractivity contribution in [2.45, 2.75) is 71.9 Å². The second kappa shape index (κ2) is 17.1. The van der Waals surface area contributed by atoms with Gasteiger partial charge in [-0.25, -0.2) is 4.79 Å². The van der Waals surface area contributed by atoms with E-state index in [9.17, 15) is 14.4 Å². The van der Waals surface area contributed by atoms with E-state index < -0.39 is 5.60 Å². The third kappa shape index (κ3) is 11.7. The van der Waals surface area contributed by atoms with Crippen LogP contribution >= 0.6 is 0 Å². The van der Waals surface area contributed by atoms with Crippen molar-refractivity contribution in [2.75, 3.05) is 31.7 Å². The summed E-state index contributed by atoms with van der Waals surface area (Å²) in [6.45, 7) is 14.8. The summed E-state index contributed by atoms with van der Waals surface area (Å²) in [5.74, 6) is 0.411. The molecular formula is C32H45N3O6. The fourth-order valence-corrected chi connectivity index (χ4v) is 4.54. The van der Waals surface area contributed by atoms with Crippen molar-refractivity contribution < 1.29 is 28.6 Å². The van der Waals surface area contributed by atoms with Crippen LogP contribution in [-0.4, -0.2) is 66.9 Å². The van der Waals surface area contributed by atoms with Crippen molar-refractivity contribution in [2.24, 2.45) is 0 Å². The molecule has 1 aromatic heterocycles. The Morgan fingerprint density at radius 3 is 2.46 bits per heavy atom. The average molecular weight is 568 g/mol. The number of nitrogens with zero attached hydrogens (tertiary/aromatic N) is 1. The fourth-order valence-electron chi connectivity index (χ4n) is 4.54. The number of aromatic amines is 1. The molecule has 1 aliphatic heterocycles. The number of amides is 2. The molecule has 0 radical (unpaired) electrons. The lowest BCUT2D eigenvalue weighted by atomic mass is 9.93. The molecule has 1 fully saturated rings. The molecule has 2 heterocycles. The number of H-pyrrole nitrogens is 1. The van der Waals surface area contributed by atoms with E-state index in [0.717, 1.165) is 48.3 Å². The summed E-state index contributed by atoms with van der Waals surface area (Å²) in [6.07, 6.45) is 2.27. The van der Waals surface area contributed by atoms with Crippen molar-refractivity contribution in [1.29, 1.82) is 0 Å². The highest BCUT2D eigenvalue weighted by atomic mass is 16.6. The Labute approximate surface area is 243 Å².